The van der Waals surface area contributed by atoms with Crippen molar-refractivity contribution < 1.29 is 4.74 Å². The number of hydrogen-bond acceptors (Lipinski definition) is 5. The van der Waals surface area contributed by atoms with Gasteiger partial charge in [0.25, 0.3) is 0 Å². The molecule has 136 valence electrons. The number of nitrogens with zero attached hydrogens (tertiary/aromatic N) is 3. The highest BCUT2D eigenvalue weighted by atomic mass is 16.5. The third-order valence-electron chi connectivity index (χ3n) is 4.45. The van der Waals surface area contributed by atoms with E-state index in [1.807, 2.05) is 36.8 Å². The molecule has 6 nitrogen and oxygen atoms in total. The van der Waals surface area contributed by atoms with Gasteiger partial charge in [-0.05, 0) is 41.3 Å². The van der Waals surface area contributed by atoms with Crippen LogP contribution in [0, 0.1) is 6.92 Å². The van der Waals surface area contributed by atoms with Crippen LogP contribution in [0.1, 0.15) is 22.3 Å². The van der Waals surface area contributed by atoms with Gasteiger partial charge in [0.2, 0.25) is 5.88 Å². The standard InChI is InChI=1S/C21H21N5O/c1-14-7-18-17(13-26-21(18)25-9-14)8-15-3-5-19(22-10-15)23-11-16-4-6-20(27-2)24-12-16/h3-7,9-10,12-13H,8,11H2,1-2H3,(H,22,23)(H,25,26). The Bertz CT molecular complexity index is 1040. The zero-order valence-electron chi connectivity index (χ0n) is 15.4. The molecule has 0 aliphatic heterocycles. The number of rotatable bonds is 6. The number of aromatic amines is 1. The molecule has 0 aliphatic rings. The summed E-state index contributed by atoms with van der Waals surface area (Å²) in [6, 6.07) is 10.1. The van der Waals surface area contributed by atoms with Gasteiger partial charge in [-0.25, -0.2) is 15.0 Å². The molecule has 0 bridgehead atoms. The Kier molecular flexibility index (Phi) is 4.70. The van der Waals surface area contributed by atoms with Crippen molar-refractivity contribution in [2.24, 2.45) is 0 Å². The number of anilines is 1. The number of fused-ring (bicyclic) bond motifs is 1. The second-order valence-electron chi connectivity index (χ2n) is 6.51. The molecule has 0 unspecified atom stereocenters. The van der Waals surface area contributed by atoms with E-state index >= 15 is 0 Å². The summed E-state index contributed by atoms with van der Waals surface area (Å²) in [4.78, 5) is 16.4. The lowest BCUT2D eigenvalue weighted by Gasteiger charge is -2.07. The number of methoxy groups -OCH3 is 1. The maximum absolute atomic E-state index is 5.07. The Balaban J connectivity index is 1.41. The molecule has 0 radical (unpaired) electrons. The molecule has 0 atom stereocenters. The minimum atomic E-state index is 0.615. The molecule has 0 fully saturated rings. The molecule has 0 aromatic carbocycles. The van der Waals surface area contributed by atoms with Crippen molar-refractivity contribution in [1.82, 2.24) is 19.9 Å². The van der Waals surface area contributed by atoms with E-state index in [-0.39, 0.29) is 0 Å². The molecule has 4 heterocycles. The fourth-order valence-corrected chi connectivity index (χ4v) is 2.99. The van der Waals surface area contributed by atoms with E-state index in [0.29, 0.717) is 12.4 Å². The van der Waals surface area contributed by atoms with E-state index in [2.05, 4.69) is 44.3 Å². The summed E-state index contributed by atoms with van der Waals surface area (Å²) in [7, 11) is 1.61. The number of pyridine rings is 3. The monoisotopic (exact) mass is 359 g/mol. The lowest BCUT2D eigenvalue weighted by molar-refractivity contribution is 0.397. The molecule has 27 heavy (non-hydrogen) atoms. The second kappa shape index (κ2) is 7.45. The topological polar surface area (TPSA) is 75.7 Å². The maximum Gasteiger partial charge on any atom is 0.212 e. The van der Waals surface area contributed by atoms with Gasteiger partial charge >= 0.3 is 0 Å². The largest absolute Gasteiger partial charge is 0.481 e. The minimum absolute atomic E-state index is 0.615. The van der Waals surface area contributed by atoms with E-state index in [0.717, 1.165) is 34.6 Å². The van der Waals surface area contributed by atoms with Crippen LogP contribution in [0.2, 0.25) is 0 Å². The van der Waals surface area contributed by atoms with Gasteiger partial charge in [-0.3, -0.25) is 0 Å². The minimum Gasteiger partial charge on any atom is -0.481 e. The molecule has 4 aromatic heterocycles. The first kappa shape index (κ1) is 17.0. The summed E-state index contributed by atoms with van der Waals surface area (Å²) < 4.78 is 5.07. The van der Waals surface area contributed by atoms with Crippen LogP contribution in [0.25, 0.3) is 11.0 Å². The van der Waals surface area contributed by atoms with Gasteiger partial charge in [-0.1, -0.05) is 12.1 Å². The van der Waals surface area contributed by atoms with Crippen LogP contribution in [0.3, 0.4) is 0 Å². The molecular weight excluding hydrogens is 338 g/mol. The van der Waals surface area contributed by atoms with Crippen molar-refractivity contribution in [2.45, 2.75) is 19.9 Å². The van der Waals surface area contributed by atoms with E-state index in [1.54, 1.807) is 13.3 Å². The first-order valence-corrected chi connectivity index (χ1v) is 8.81. The van der Waals surface area contributed by atoms with Crippen LogP contribution in [0.4, 0.5) is 5.82 Å². The van der Waals surface area contributed by atoms with Crippen molar-refractivity contribution in [1.29, 1.82) is 0 Å². The van der Waals surface area contributed by atoms with Crippen LogP contribution in [0.15, 0.2) is 55.1 Å². The van der Waals surface area contributed by atoms with Crippen molar-refractivity contribution in [3.05, 3.63) is 77.4 Å². The fraction of sp³-hybridized carbons (Fsp3) is 0.190. The predicted octanol–water partition coefficient (Wildman–Crippen LogP) is 3.87. The average Bonchev–Trinajstić information content (AvgIpc) is 3.10. The molecule has 6 heteroatoms. The van der Waals surface area contributed by atoms with Gasteiger partial charge in [0.1, 0.15) is 11.5 Å². The highest BCUT2D eigenvalue weighted by Crippen LogP contribution is 2.21. The number of ether oxygens (including phenoxy) is 1. The summed E-state index contributed by atoms with van der Waals surface area (Å²) in [6.07, 6.45) is 8.44. The number of nitrogens with one attached hydrogen (secondary N) is 2. The normalized spacial score (nSPS) is 10.9. The first-order valence-electron chi connectivity index (χ1n) is 8.81. The lowest BCUT2D eigenvalue weighted by Crippen LogP contribution is -2.02. The third kappa shape index (κ3) is 3.89. The Morgan fingerprint density at radius 2 is 1.85 bits per heavy atom. The SMILES string of the molecule is COc1ccc(CNc2ccc(Cc3c[nH]c4ncc(C)cc34)cn2)cn1. The number of aromatic nitrogens is 4. The molecule has 0 saturated heterocycles. The lowest BCUT2D eigenvalue weighted by atomic mass is 10.1. The molecule has 0 saturated carbocycles. The van der Waals surface area contributed by atoms with Crippen molar-refractivity contribution >= 4 is 16.9 Å². The van der Waals surface area contributed by atoms with Crippen LogP contribution in [-0.2, 0) is 13.0 Å². The summed E-state index contributed by atoms with van der Waals surface area (Å²) in [6.45, 7) is 2.72. The second-order valence-corrected chi connectivity index (χ2v) is 6.51. The molecule has 2 N–H and O–H groups in total. The summed E-state index contributed by atoms with van der Waals surface area (Å²) in [5, 5.41) is 4.48. The number of hydrogen-bond donors (Lipinski definition) is 2. The fourth-order valence-electron chi connectivity index (χ4n) is 2.99. The first-order chi connectivity index (χ1) is 13.2. The van der Waals surface area contributed by atoms with Crippen molar-refractivity contribution in [3.8, 4) is 5.88 Å². The summed E-state index contributed by atoms with van der Waals surface area (Å²) >= 11 is 0. The molecule has 0 aliphatic carbocycles. The van der Waals surface area contributed by atoms with E-state index in [1.165, 1.54) is 10.9 Å². The summed E-state index contributed by atoms with van der Waals surface area (Å²) in [5.74, 6) is 1.45. The molecular formula is C21H21N5O. The molecule has 4 rings (SSSR count). The van der Waals surface area contributed by atoms with Crippen molar-refractivity contribution in [2.75, 3.05) is 12.4 Å². The Hall–Kier alpha value is -3.41. The van der Waals surface area contributed by atoms with E-state index in [9.17, 15) is 0 Å². The number of H-pyrrole nitrogens is 1. The molecule has 0 amide bonds. The van der Waals surface area contributed by atoms with Gasteiger partial charge in [0, 0.05) is 49.2 Å². The van der Waals surface area contributed by atoms with E-state index < -0.39 is 0 Å². The molecule has 0 spiro atoms. The predicted molar refractivity (Wildman–Crippen MR) is 106 cm³/mol. The Morgan fingerprint density at radius 3 is 2.59 bits per heavy atom. The van der Waals surface area contributed by atoms with E-state index in [4.69, 9.17) is 4.74 Å². The van der Waals surface area contributed by atoms with Gasteiger partial charge in [0.15, 0.2) is 0 Å². The maximum atomic E-state index is 5.07. The summed E-state index contributed by atoms with van der Waals surface area (Å²) in [5.41, 5.74) is 5.55. The highest BCUT2D eigenvalue weighted by Gasteiger charge is 2.06. The third-order valence-corrected chi connectivity index (χ3v) is 4.45. The van der Waals surface area contributed by atoms with Crippen LogP contribution < -0.4 is 10.1 Å². The van der Waals surface area contributed by atoms with Gasteiger partial charge in [-0.2, -0.15) is 0 Å². The number of aryl methyl sites for hydroxylation is 1. The van der Waals surface area contributed by atoms with Gasteiger partial charge < -0.3 is 15.0 Å². The average molecular weight is 359 g/mol. The molecule has 4 aromatic rings. The Morgan fingerprint density at radius 1 is 1.00 bits per heavy atom. The van der Waals surface area contributed by atoms with Crippen LogP contribution in [-0.4, -0.2) is 27.0 Å². The zero-order chi connectivity index (χ0) is 18.6. The van der Waals surface area contributed by atoms with Gasteiger partial charge in [-0.15, -0.1) is 0 Å². The Labute approximate surface area is 157 Å². The highest BCUT2D eigenvalue weighted by molar-refractivity contribution is 5.80. The van der Waals surface area contributed by atoms with Crippen LogP contribution in [0.5, 0.6) is 5.88 Å². The van der Waals surface area contributed by atoms with Gasteiger partial charge in [0.05, 0.1) is 7.11 Å². The zero-order valence-corrected chi connectivity index (χ0v) is 15.4. The van der Waals surface area contributed by atoms with Crippen molar-refractivity contribution in [3.63, 3.8) is 0 Å². The van der Waals surface area contributed by atoms with Crippen LogP contribution >= 0.6 is 0 Å². The quantitative estimate of drug-likeness (QED) is 0.546. The smallest absolute Gasteiger partial charge is 0.212 e.